The Balaban J connectivity index is 1.72. The molecule has 0 amide bonds. The van der Waals surface area contributed by atoms with E-state index in [0.717, 1.165) is 37.9 Å². The zero-order valence-corrected chi connectivity index (χ0v) is 16.8. The second kappa shape index (κ2) is 6.76. The molecule has 5 aromatic carbocycles. The number of pyridine rings is 1. The number of aromatic amines is 1. The lowest BCUT2D eigenvalue weighted by atomic mass is 9.88. The molecule has 0 saturated heterocycles. The number of halogens is 1. The average Bonchev–Trinajstić information content (AvgIpc) is 2.82. The van der Waals surface area contributed by atoms with Gasteiger partial charge in [-0.25, -0.2) is 4.39 Å². The molecule has 6 aromatic rings. The van der Waals surface area contributed by atoms with Crippen LogP contribution in [-0.4, -0.2) is 4.98 Å². The molecule has 150 valence electrons. The van der Waals surface area contributed by atoms with Crippen LogP contribution in [0.2, 0.25) is 0 Å². The Morgan fingerprint density at radius 1 is 0.750 bits per heavy atom. The number of hydrogen-bond donors (Lipinski definition) is 1. The van der Waals surface area contributed by atoms with Crippen molar-refractivity contribution >= 4 is 32.3 Å². The summed E-state index contributed by atoms with van der Waals surface area (Å²) in [5, 5.41) is 16.4. The molecule has 1 N–H and O–H groups in total. The highest BCUT2D eigenvalue weighted by atomic mass is 19.1. The summed E-state index contributed by atoms with van der Waals surface area (Å²) in [4.78, 5) is 15.6. The van der Waals surface area contributed by atoms with E-state index in [2.05, 4.69) is 41.4 Å². The minimum absolute atomic E-state index is 0.0418. The molecule has 0 aliphatic heterocycles. The first kappa shape index (κ1) is 18.3. The number of aromatic nitrogens is 1. The van der Waals surface area contributed by atoms with Crippen LogP contribution in [0.25, 0.3) is 54.7 Å². The fourth-order valence-electron chi connectivity index (χ4n) is 4.66. The summed E-state index contributed by atoms with van der Waals surface area (Å²) in [6.45, 7) is 0. The van der Waals surface area contributed by atoms with Crippen LogP contribution in [0.3, 0.4) is 0 Å². The molecule has 0 saturated carbocycles. The van der Waals surface area contributed by atoms with Gasteiger partial charge in [-0.2, -0.15) is 5.26 Å². The Hall–Kier alpha value is -4.49. The first-order valence-electron chi connectivity index (χ1n) is 10.2. The van der Waals surface area contributed by atoms with Gasteiger partial charge in [0, 0.05) is 16.8 Å². The molecule has 6 rings (SSSR count). The van der Waals surface area contributed by atoms with E-state index in [-0.39, 0.29) is 5.56 Å². The van der Waals surface area contributed by atoms with Gasteiger partial charge in [0.2, 0.25) is 0 Å². The van der Waals surface area contributed by atoms with E-state index in [1.54, 1.807) is 18.2 Å². The highest BCUT2D eigenvalue weighted by Crippen LogP contribution is 2.40. The van der Waals surface area contributed by atoms with Crippen LogP contribution in [-0.2, 0) is 0 Å². The van der Waals surface area contributed by atoms with E-state index in [1.165, 1.54) is 12.1 Å². The molecule has 0 radical (unpaired) electrons. The molecule has 0 aliphatic carbocycles. The summed E-state index contributed by atoms with van der Waals surface area (Å²) < 4.78 is 13.8. The SMILES string of the molecule is N#Cc1c(-c2ccc3ccc4cccc5ccc2c3c45)cc(-c2cccc(F)c2)[nH]c1=O. The number of rotatable bonds is 2. The molecule has 0 fully saturated rings. The lowest BCUT2D eigenvalue weighted by Crippen LogP contribution is -2.12. The van der Waals surface area contributed by atoms with Gasteiger partial charge in [0.05, 0.1) is 0 Å². The Labute approximate surface area is 182 Å². The van der Waals surface area contributed by atoms with Crippen LogP contribution in [0, 0.1) is 17.1 Å². The quantitative estimate of drug-likeness (QED) is 0.324. The van der Waals surface area contributed by atoms with Crippen molar-refractivity contribution in [1.82, 2.24) is 4.98 Å². The summed E-state index contributed by atoms with van der Waals surface area (Å²) in [6.07, 6.45) is 0. The maximum absolute atomic E-state index is 13.8. The molecule has 3 nitrogen and oxygen atoms in total. The van der Waals surface area contributed by atoms with Crippen molar-refractivity contribution < 1.29 is 4.39 Å². The molecule has 0 unspecified atom stereocenters. The third kappa shape index (κ3) is 2.62. The topological polar surface area (TPSA) is 56.6 Å². The summed E-state index contributed by atoms with van der Waals surface area (Å²) in [6, 6.07) is 28.4. The highest BCUT2D eigenvalue weighted by Gasteiger charge is 2.17. The van der Waals surface area contributed by atoms with E-state index < -0.39 is 11.4 Å². The van der Waals surface area contributed by atoms with E-state index in [4.69, 9.17) is 0 Å². The van der Waals surface area contributed by atoms with Gasteiger partial charge in [0.25, 0.3) is 5.56 Å². The first-order chi connectivity index (χ1) is 15.6. The van der Waals surface area contributed by atoms with Gasteiger partial charge in [-0.15, -0.1) is 0 Å². The molecular formula is C28H15FN2O. The van der Waals surface area contributed by atoms with E-state index in [1.807, 2.05) is 24.3 Å². The predicted molar refractivity (Wildman–Crippen MR) is 126 cm³/mol. The molecule has 32 heavy (non-hydrogen) atoms. The van der Waals surface area contributed by atoms with Crippen molar-refractivity contribution in [2.24, 2.45) is 0 Å². The monoisotopic (exact) mass is 414 g/mol. The normalized spacial score (nSPS) is 11.4. The number of benzene rings is 5. The van der Waals surface area contributed by atoms with E-state index in [0.29, 0.717) is 16.8 Å². The minimum atomic E-state index is -0.491. The summed E-state index contributed by atoms with van der Waals surface area (Å²) in [5.41, 5.74) is 1.90. The van der Waals surface area contributed by atoms with Crippen molar-refractivity contribution in [3.8, 4) is 28.5 Å². The fourth-order valence-corrected chi connectivity index (χ4v) is 4.66. The highest BCUT2D eigenvalue weighted by molar-refractivity contribution is 6.25. The van der Waals surface area contributed by atoms with Crippen molar-refractivity contribution in [3.05, 3.63) is 107 Å². The molecule has 0 spiro atoms. The number of nitrogens with one attached hydrogen (secondary N) is 1. The van der Waals surface area contributed by atoms with E-state index in [9.17, 15) is 14.4 Å². The van der Waals surface area contributed by atoms with Crippen LogP contribution < -0.4 is 5.56 Å². The van der Waals surface area contributed by atoms with Crippen molar-refractivity contribution in [2.75, 3.05) is 0 Å². The van der Waals surface area contributed by atoms with Gasteiger partial charge < -0.3 is 4.98 Å². The van der Waals surface area contributed by atoms with E-state index >= 15 is 0 Å². The molecule has 4 heteroatoms. The Kier molecular flexibility index (Phi) is 3.87. The van der Waals surface area contributed by atoms with Crippen LogP contribution in [0.1, 0.15) is 5.56 Å². The number of hydrogen-bond acceptors (Lipinski definition) is 2. The third-order valence-corrected chi connectivity index (χ3v) is 6.10. The molecule has 1 aromatic heterocycles. The summed E-state index contributed by atoms with van der Waals surface area (Å²) in [7, 11) is 0. The molecule has 0 bridgehead atoms. The molecular weight excluding hydrogens is 399 g/mol. The Bertz CT molecular complexity index is 1760. The standard InChI is InChI=1S/C28H15FN2O/c29-20-6-2-5-19(13-20)25-14-23(24(15-30)28(32)31-25)21-11-9-18-8-7-16-3-1-4-17-10-12-22(21)27(18)26(16)17/h1-14H,(H,31,32). The fraction of sp³-hybridized carbons (Fsp3) is 0. The largest absolute Gasteiger partial charge is 0.321 e. The van der Waals surface area contributed by atoms with Gasteiger partial charge in [0.1, 0.15) is 17.4 Å². The summed E-state index contributed by atoms with van der Waals surface area (Å²) >= 11 is 0. The van der Waals surface area contributed by atoms with Crippen molar-refractivity contribution in [2.45, 2.75) is 0 Å². The second-order valence-electron chi connectivity index (χ2n) is 7.89. The summed E-state index contributed by atoms with van der Waals surface area (Å²) in [5.74, 6) is -0.392. The maximum atomic E-state index is 13.8. The van der Waals surface area contributed by atoms with Crippen molar-refractivity contribution in [3.63, 3.8) is 0 Å². The zero-order chi connectivity index (χ0) is 21.8. The van der Waals surface area contributed by atoms with Gasteiger partial charge in [0.15, 0.2) is 0 Å². The smallest absolute Gasteiger partial charge is 0.266 e. The van der Waals surface area contributed by atoms with Crippen LogP contribution >= 0.6 is 0 Å². The molecule has 1 heterocycles. The minimum Gasteiger partial charge on any atom is -0.321 e. The maximum Gasteiger partial charge on any atom is 0.266 e. The average molecular weight is 414 g/mol. The number of nitrogens with zero attached hydrogens (tertiary/aromatic N) is 1. The third-order valence-electron chi connectivity index (χ3n) is 6.10. The first-order valence-corrected chi connectivity index (χ1v) is 10.2. The Morgan fingerprint density at radius 3 is 2.19 bits per heavy atom. The van der Waals surface area contributed by atoms with Gasteiger partial charge in [-0.3, -0.25) is 4.79 Å². The van der Waals surface area contributed by atoms with Crippen LogP contribution in [0.5, 0.6) is 0 Å². The predicted octanol–water partition coefficient (Wildman–Crippen LogP) is 6.62. The van der Waals surface area contributed by atoms with Crippen molar-refractivity contribution in [1.29, 1.82) is 5.26 Å². The lowest BCUT2D eigenvalue weighted by Gasteiger charge is -2.15. The van der Waals surface area contributed by atoms with Gasteiger partial charge in [-0.1, -0.05) is 66.7 Å². The van der Waals surface area contributed by atoms with Gasteiger partial charge >= 0.3 is 0 Å². The number of H-pyrrole nitrogens is 1. The Morgan fingerprint density at radius 2 is 1.44 bits per heavy atom. The van der Waals surface area contributed by atoms with Crippen LogP contribution in [0.4, 0.5) is 4.39 Å². The molecule has 0 aliphatic rings. The zero-order valence-electron chi connectivity index (χ0n) is 16.8. The van der Waals surface area contributed by atoms with Crippen LogP contribution in [0.15, 0.2) is 89.7 Å². The molecule has 0 atom stereocenters. The number of nitriles is 1. The lowest BCUT2D eigenvalue weighted by molar-refractivity contribution is 0.628. The second-order valence-corrected chi connectivity index (χ2v) is 7.89. The van der Waals surface area contributed by atoms with Gasteiger partial charge in [-0.05, 0) is 56.1 Å².